The zero-order valence-electron chi connectivity index (χ0n) is 8.32. The number of aliphatic hydroxyl groups is 1. The molecule has 16 heavy (non-hydrogen) atoms. The molecule has 0 fully saturated rings. The monoisotopic (exact) mass is 390 g/mol. The first-order valence-electron chi connectivity index (χ1n) is 4.00. The second-order valence-corrected chi connectivity index (χ2v) is 6.85. The maximum Gasteiger partial charge on any atom is 0.481 e. The van der Waals surface area contributed by atoms with Crippen molar-refractivity contribution in [2.45, 2.75) is 18.9 Å². The summed E-state index contributed by atoms with van der Waals surface area (Å²) in [5.41, 5.74) is -1.08. The first-order chi connectivity index (χ1) is 6.97. The van der Waals surface area contributed by atoms with Gasteiger partial charge in [0, 0.05) is 10.8 Å². The smallest absolute Gasteiger partial charge is 0.389 e. The third kappa shape index (κ3) is 9.03. The summed E-state index contributed by atoms with van der Waals surface area (Å²) in [4.78, 5) is 25.4. The topological polar surface area (TPSA) is 134 Å². The van der Waals surface area contributed by atoms with Crippen molar-refractivity contribution in [2.24, 2.45) is 0 Å². The van der Waals surface area contributed by atoms with Gasteiger partial charge in [-0.15, -0.1) is 0 Å². The summed E-state index contributed by atoms with van der Waals surface area (Å²) in [6.07, 6.45) is 0.0327. The Morgan fingerprint density at radius 2 is 1.81 bits per heavy atom. The number of rotatable bonds is 7. The molecule has 0 heterocycles. The van der Waals surface area contributed by atoms with Crippen molar-refractivity contribution in [3.05, 3.63) is 0 Å². The fraction of sp³-hybridized carbons (Fsp3) is 1.00. The van der Waals surface area contributed by atoms with Crippen molar-refractivity contribution < 1.29 is 37.8 Å². The van der Waals surface area contributed by atoms with Crippen LogP contribution in [0, 0.1) is 0 Å². The van der Waals surface area contributed by atoms with Crippen LogP contribution < -0.4 is 0 Å². The molecule has 98 valence electrons. The average molecular weight is 390 g/mol. The van der Waals surface area contributed by atoms with Crippen molar-refractivity contribution in [1.29, 1.82) is 0 Å². The molecule has 0 spiro atoms. The van der Waals surface area contributed by atoms with Gasteiger partial charge in [0.15, 0.2) is 0 Å². The van der Waals surface area contributed by atoms with E-state index in [2.05, 4.69) is 8.83 Å². The van der Waals surface area contributed by atoms with Gasteiger partial charge in [0.25, 0.3) is 0 Å². The molecule has 0 saturated carbocycles. The number of phosphoric ester groups is 1. The van der Waals surface area contributed by atoms with E-state index in [0.717, 1.165) is 0 Å². The molecule has 0 rings (SSSR count). The summed E-state index contributed by atoms with van der Waals surface area (Å²) in [6.45, 7) is 1.14. The third-order valence-electron chi connectivity index (χ3n) is 1.39. The van der Waals surface area contributed by atoms with Crippen molar-refractivity contribution in [1.82, 2.24) is 0 Å². The zero-order valence-corrected chi connectivity index (χ0v) is 12.3. The molecule has 0 bridgehead atoms. The van der Waals surface area contributed by atoms with Crippen LogP contribution in [0.2, 0.25) is 0 Å². The summed E-state index contributed by atoms with van der Waals surface area (Å²) in [5.74, 6) is 0. The van der Waals surface area contributed by atoms with Crippen LogP contribution in [0.25, 0.3) is 0 Å². The fourth-order valence-electron chi connectivity index (χ4n) is 0.606. The van der Waals surface area contributed by atoms with Gasteiger partial charge in [0.1, 0.15) is 0 Å². The molecule has 0 saturated heterocycles. The minimum atomic E-state index is -5.08. The summed E-state index contributed by atoms with van der Waals surface area (Å²) in [7, 11) is -9.86. The maximum atomic E-state index is 10.9. The summed E-state index contributed by atoms with van der Waals surface area (Å²) < 4.78 is 29.4. The molecular weight excluding hydrogens is 377 g/mol. The molecule has 0 aliphatic carbocycles. The summed E-state index contributed by atoms with van der Waals surface area (Å²) >= 11 is 1.92. The van der Waals surface area contributed by atoms with Crippen LogP contribution in [-0.2, 0) is 18.0 Å². The van der Waals surface area contributed by atoms with E-state index in [4.69, 9.17) is 14.7 Å². The van der Waals surface area contributed by atoms with Crippen LogP contribution in [0.5, 0.6) is 0 Å². The second kappa shape index (κ2) is 6.21. The Morgan fingerprint density at radius 1 is 1.31 bits per heavy atom. The molecule has 0 aromatic rings. The van der Waals surface area contributed by atoms with E-state index < -0.39 is 21.2 Å². The van der Waals surface area contributed by atoms with Gasteiger partial charge < -0.3 is 19.8 Å². The number of hydrogen-bond donors (Lipinski definition) is 4. The highest BCUT2D eigenvalue weighted by atomic mass is 127. The van der Waals surface area contributed by atoms with E-state index in [9.17, 15) is 14.2 Å². The van der Waals surface area contributed by atoms with Gasteiger partial charge in [0.2, 0.25) is 0 Å². The molecule has 0 aromatic carbocycles. The minimum Gasteiger partial charge on any atom is -0.389 e. The lowest BCUT2D eigenvalue weighted by Crippen LogP contribution is -2.27. The lowest BCUT2D eigenvalue weighted by Gasteiger charge is -2.20. The molecule has 2 unspecified atom stereocenters. The standard InChI is InChI=1S/C5H13IO8P2/c1-5(7,4-6)2-3-13-16(11,12)14-15(8,9)10/h7H,2-4H2,1H3,(H,11,12)(H2,8,9,10). The van der Waals surface area contributed by atoms with Gasteiger partial charge in [-0.2, -0.15) is 4.31 Å². The van der Waals surface area contributed by atoms with Crippen molar-refractivity contribution in [2.75, 3.05) is 11.0 Å². The maximum absolute atomic E-state index is 10.9. The van der Waals surface area contributed by atoms with E-state index in [1.165, 1.54) is 6.92 Å². The minimum absolute atomic E-state index is 0.0327. The highest BCUT2D eigenvalue weighted by Crippen LogP contribution is 2.57. The molecule has 2 atom stereocenters. The van der Waals surface area contributed by atoms with E-state index >= 15 is 0 Å². The van der Waals surface area contributed by atoms with Gasteiger partial charge in [-0.1, -0.05) is 22.6 Å². The number of hydrogen-bond acceptors (Lipinski definition) is 5. The van der Waals surface area contributed by atoms with Gasteiger partial charge in [-0.05, 0) is 6.92 Å². The van der Waals surface area contributed by atoms with E-state index in [1.807, 2.05) is 22.6 Å². The Balaban J connectivity index is 4.11. The highest BCUT2D eigenvalue weighted by molar-refractivity contribution is 14.1. The van der Waals surface area contributed by atoms with Gasteiger partial charge in [-0.25, -0.2) is 9.13 Å². The van der Waals surface area contributed by atoms with Crippen molar-refractivity contribution in [3.8, 4) is 0 Å². The number of phosphoric acid groups is 2. The van der Waals surface area contributed by atoms with Crippen LogP contribution >= 0.6 is 38.2 Å². The fourth-order valence-corrected chi connectivity index (χ4v) is 2.57. The Bertz CT molecular complexity index is 312. The van der Waals surface area contributed by atoms with Crippen molar-refractivity contribution in [3.63, 3.8) is 0 Å². The first kappa shape index (κ1) is 16.9. The Morgan fingerprint density at radius 3 is 2.19 bits per heavy atom. The number of halogens is 1. The molecule has 0 aromatic heterocycles. The molecular formula is C5H13IO8P2. The zero-order chi connectivity index (χ0) is 13.0. The van der Waals surface area contributed by atoms with E-state index in [1.54, 1.807) is 0 Å². The normalized spacial score (nSPS) is 20.1. The highest BCUT2D eigenvalue weighted by Gasteiger charge is 2.32. The molecule has 0 radical (unpaired) electrons. The Kier molecular flexibility index (Phi) is 6.58. The van der Waals surface area contributed by atoms with Crippen LogP contribution in [0.1, 0.15) is 13.3 Å². The largest absolute Gasteiger partial charge is 0.481 e. The van der Waals surface area contributed by atoms with E-state index in [0.29, 0.717) is 4.43 Å². The van der Waals surface area contributed by atoms with Gasteiger partial charge in [0.05, 0.1) is 12.2 Å². The molecule has 0 aliphatic rings. The lowest BCUT2D eigenvalue weighted by molar-refractivity contribution is 0.0569. The van der Waals surface area contributed by atoms with Crippen LogP contribution in [-0.4, -0.2) is 36.4 Å². The van der Waals surface area contributed by atoms with Gasteiger partial charge >= 0.3 is 15.6 Å². The Hall–Kier alpha value is 0.950. The van der Waals surface area contributed by atoms with Gasteiger partial charge in [-0.3, -0.25) is 4.52 Å². The number of alkyl halides is 1. The quantitative estimate of drug-likeness (QED) is 0.285. The second-order valence-electron chi connectivity index (χ2n) is 3.25. The molecule has 0 amide bonds. The first-order valence-corrected chi connectivity index (χ1v) is 8.55. The molecule has 0 aliphatic heterocycles. The molecule has 8 nitrogen and oxygen atoms in total. The lowest BCUT2D eigenvalue weighted by atomic mass is 10.1. The van der Waals surface area contributed by atoms with Crippen LogP contribution in [0.3, 0.4) is 0 Å². The molecule has 4 N–H and O–H groups in total. The Labute approximate surface area is 106 Å². The van der Waals surface area contributed by atoms with Crippen LogP contribution in [0.4, 0.5) is 0 Å². The summed E-state index contributed by atoms with van der Waals surface area (Å²) in [5, 5.41) is 9.50. The predicted octanol–water partition coefficient (Wildman–Crippen LogP) is 0.789. The van der Waals surface area contributed by atoms with E-state index in [-0.39, 0.29) is 13.0 Å². The van der Waals surface area contributed by atoms with Crippen LogP contribution in [0.15, 0.2) is 0 Å². The SMILES string of the molecule is CC(O)(CI)CCOP(=O)(O)OP(=O)(O)O. The average Bonchev–Trinajstić information content (AvgIpc) is 1.98. The molecule has 11 heteroatoms. The van der Waals surface area contributed by atoms with Crippen molar-refractivity contribution >= 4 is 38.2 Å². The summed E-state index contributed by atoms with van der Waals surface area (Å²) in [6, 6.07) is 0. The predicted molar refractivity (Wildman–Crippen MR) is 63.0 cm³/mol. The third-order valence-corrected chi connectivity index (χ3v) is 5.22.